The molecule has 2 aliphatic heterocycles. The fourth-order valence-electron chi connectivity index (χ4n) is 3.91. The van der Waals surface area contributed by atoms with Crippen LogP contribution in [0.2, 0.25) is 0 Å². The van der Waals surface area contributed by atoms with Crippen molar-refractivity contribution in [1.29, 1.82) is 0 Å². The van der Waals surface area contributed by atoms with Crippen LogP contribution in [-0.4, -0.2) is 46.5 Å². The molecule has 7 heteroatoms. The smallest absolute Gasteiger partial charge is 0.272 e. The standard InChI is InChI=1S/C21H28N4O3/c1-14(2)9-17-10-18(24(3)23-17)21(26)25-8-4-5-16(12-25)22-15-6-7-19-20(11-15)28-13-27-19/h6-7,10-11,14,16,22H,4-5,8-9,12-13H2,1-3H3/t16-/m1/s1. The van der Waals surface area contributed by atoms with Crippen LogP contribution in [0.4, 0.5) is 5.69 Å². The first-order chi connectivity index (χ1) is 13.5. The van der Waals surface area contributed by atoms with Crippen LogP contribution in [-0.2, 0) is 13.5 Å². The Balaban J connectivity index is 1.42. The molecule has 1 amide bonds. The van der Waals surface area contributed by atoms with Gasteiger partial charge in [0.1, 0.15) is 5.69 Å². The molecule has 2 aromatic rings. The zero-order chi connectivity index (χ0) is 19.7. The molecule has 0 bridgehead atoms. The Hall–Kier alpha value is -2.70. The molecule has 150 valence electrons. The van der Waals surface area contributed by atoms with Gasteiger partial charge < -0.3 is 19.7 Å². The monoisotopic (exact) mass is 384 g/mol. The maximum absolute atomic E-state index is 13.1. The molecule has 1 aromatic heterocycles. The predicted molar refractivity (Wildman–Crippen MR) is 107 cm³/mol. The highest BCUT2D eigenvalue weighted by molar-refractivity contribution is 5.92. The van der Waals surface area contributed by atoms with Crippen LogP contribution in [0.25, 0.3) is 0 Å². The molecule has 1 fully saturated rings. The van der Waals surface area contributed by atoms with Crippen LogP contribution in [0.15, 0.2) is 24.3 Å². The number of aryl methyl sites for hydroxylation is 1. The minimum atomic E-state index is 0.0576. The van der Waals surface area contributed by atoms with Crippen molar-refractivity contribution < 1.29 is 14.3 Å². The van der Waals surface area contributed by atoms with Gasteiger partial charge in [-0.25, -0.2) is 0 Å². The second kappa shape index (κ2) is 7.73. The summed E-state index contributed by atoms with van der Waals surface area (Å²) in [5.74, 6) is 2.12. The highest BCUT2D eigenvalue weighted by atomic mass is 16.7. The van der Waals surface area contributed by atoms with Gasteiger partial charge in [0, 0.05) is 37.9 Å². The largest absolute Gasteiger partial charge is 0.454 e. The SMILES string of the molecule is CC(C)Cc1cc(C(=O)N2CCC[C@@H](Nc3ccc4c(c3)OCO4)C2)n(C)n1. The normalized spacial score (nSPS) is 18.6. The van der Waals surface area contributed by atoms with E-state index < -0.39 is 0 Å². The lowest BCUT2D eigenvalue weighted by Crippen LogP contribution is -2.45. The van der Waals surface area contributed by atoms with Crippen molar-refractivity contribution in [1.82, 2.24) is 14.7 Å². The average Bonchev–Trinajstić information content (AvgIpc) is 3.26. The molecule has 4 rings (SSSR count). The van der Waals surface area contributed by atoms with Gasteiger partial charge in [-0.3, -0.25) is 9.48 Å². The van der Waals surface area contributed by atoms with E-state index in [1.165, 1.54) is 0 Å². The molecule has 0 aliphatic carbocycles. The van der Waals surface area contributed by atoms with Gasteiger partial charge in [-0.2, -0.15) is 5.10 Å². The molecule has 0 radical (unpaired) electrons. The van der Waals surface area contributed by atoms with E-state index in [2.05, 4.69) is 24.3 Å². The average molecular weight is 384 g/mol. The van der Waals surface area contributed by atoms with Crippen molar-refractivity contribution in [3.8, 4) is 11.5 Å². The van der Waals surface area contributed by atoms with Crippen LogP contribution < -0.4 is 14.8 Å². The first-order valence-electron chi connectivity index (χ1n) is 9.98. The fourth-order valence-corrected chi connectivity index (χ4v) is 3.91. The lowest BCUT2D eigenvalue weighted by atomic mass is 10.0. The number of amides is 1. The van der Waals surface area contributed by atoms with Gasteiger partial charge in [0.25, 0.3) is 5.91 Å². The Bertz CT molecular complexity index is 861. The lowest BCUT2D eigenvalue weighted by molar-refractivity contribution is 0.0703. The maximum Gasteiger partial charge on any atom is 0.272 e. The number of hydrogen-bond acceptors (Lipinski definition) is 5. The van der Waals surface area contributed by atoms with Crippen LogP contribution >= 0.6 is 0 Å². The highest BCUT2D eigenvalue weighted by Gasteiger charge is 2.27. The third-order valence-electron chi connectivity index (χ3n) is 5.22. The van der Waals surface area contributed by atoms with Crippen molar-refractivity contribution in [2.45, 2.75) is 39.2 Å². The third kappa shape index (κ3) is 3.93. The van der Waals surface area contributed by atoms with E-state index in [1.807, 2.05) is 36.2 Å². The molecule has 28 heavy (non-hydrogen) atoms. The number of anilines is 1. The Morgan fingerprint density at radius 3 is 2.93 bits per heavy atom. The number of rotatable bonds is 5. The number of carbonyl (C=O) groups excluding carboxylic acids is 1. The quantitative estimate of drug-likeness (QED) is 0.858. The molecular weight excluding hydrogens is 356 g/mol. The minimum absolute atomic E-state index is 0.0576. The van der Waals surface area contributed by atoms with E-state index in [4.69, 9.17) is 9.47 Å². The summed E-state index contributed by atoms with van der Waals surface area (Å²) in [7, 11) is 1.85. The van der Waals surface area contributed by atoms with Crippen molar-refractivity contribution in [2.24, 2.45) is 13.0 Å². The fraction of sp³-hybridized carbons (Fsp3) is 0.524. The summed E-state index contributed by atoms with van der Waals surface area (Å²) in [6, 6.07) is 8.02. The molecule has 0 saturated carbocycles. The Labute approximate surface area is 165 Å². The summed E-state index contributed by atoms with van der Waals surface area (Å²) in [5, 5.41) is 8.06. The van der Waals surface area contributed by atoms with E-state index in [-0.39, 0.29) is 18.7 Å². The highest BCUT2D eigenvalue weighted by Crippen LogP contribution is 2.34. The Morgan fingerprint density at radius 1 is 1.29 bits per heavy atom. The maximum atomic E-state index is 13.1. The molecule has 0 spiro atoms. The molecule has 0 unspecified atom stereocenters. The number of nitrogens with one attached hydrogen (secondary N) is 1. The third-order valence-corrected chi connectivity index (χ3v) is 5.22. The van der Waals surface area contributed by atoms with Gasteiger partial charge in [-0.1, -0.05) is 13.8 Å². The Morgan fingerprint density at radius 2 is 2.11 bits per heavy atom. The number of nitrogens with zero attached hydrogens (tertiary/aromatic N) is 3. The predicted octanol–water partition coefficient (Wildman–Crippen LogP) is 3.06. The number of benzene rings is 1. The lowest BCUT2D eigenvalue weighted by Gasteiger charge is -2.33. The van der Waals surface area contributed by atoms with Crippen LogP contribution in [0, 0.1) is 5.92 Å². The van der Waals surface area contributed by atoms with Crippen LogP contribution in [0.5, 0.6) is 11.5 Å². The summed E-state index contributed by atoms with van der Waals surface area (Å²) >= 11 is 0. The Kier molecular flexibility index (Phi) is 5.15. The van der Waals surface area contributed by atoms with Gasteiger partial charge in [0.15, 0.2) is 11.5 Å². The zero-order valence-electron chi connectivity index (χ0n) is 16.8. The van der Waals surface area contributed by atoms with Gasteiger partial charge in [-0.15, -0.1) is 0 Å². The molecule has 1 saturated heterocycles. The summed E-state index contributed by atoms with van der Waals surface area (Å²) in [5.41, 5.74) is 2.63. The molecule has 7 nitrogen and oxygen atoms in total. The number of piperidine rings is 1. The summed E-state index contributed by atoms with van der Waals surface area (Å²) in [6.07, 6.45) is 2.89. The number of hydrogen-bond donors (Lipinski definition) is 1. The number of fused-ring (bicyclic) bond motifs is 1. The number of aromatic nitrogens is 2. The van der Waals surface area contributed by atoms with Gasteiger partial charge in [0.2, 0.25) is 6.79 Å². The van der Waals surface area contributed by atoms with E-state index in [0.717, 1.165) is 48.7 Å². The zero-order valence-corrected chi connectivity index (χ0v) is 16.8. The van der Waals surface area contributed by atoms with Gasteiger partial charge in [0.05, 0.1) is 5.69 Å². The van der Waals surface area contributed by atoms with Crippen LogP contribution in [0.1, 0.15) is 42.9 Å². The van der Waals surface area contributed by atoms with E-state index in [9.17, 15) is 4.79 Å². The van der Waals surface area contributed by atoms with E-state index >= 15 is 0 Å². The van der Waals surface area contributed by atoms with Crippen molar-refractivity contribution in [3.63, 3.8) is 0 Å². The van der Waals surface area contributed by atoms with Crippen molar-refractivity contribution in [3.05, 3.63) is 35.7 Å². The molecule has 1 N–H and O–H groups in total. The van der Waals surface area contributed by atoms with Gasteiger partial charge >= 0.3 is 0 Å². The molecule has 1 aromatic carbocycles. The molecule has 2 aliphatic rings. The second-order valence-electron chi connectivity index (χ2n) is 8.05. The molecular formula is C21H28N4O3. The molecule has 3 heterocycles. The molecule has 1 atom stereocenters. The number of carbonyl (C=O) groups is 1. The van der Waals surface area contributed by atoms with Crippen molar-refractivity contribution in [2.75, 3.05) is 25.2 Å². The second-order valence-corrected chi connectivity index (χ2v) is 8.05. The number of likely N-dealkylation sites (tertiary alicyclic amines) is 1. The topological polar surface area (TPSA) is 68.6 Å². The summed E-state index contributed by atoms with van der Waals surface area (Å²) < 4.78 is 12.5. The van der Waals surface area contributed by atoms with E-state index in [1.54, 1.807) is 4.68 Å². The summed E-state index contributed by atoms with van der Waals surface area (Å²) in [4.78, 5) is 15.0. The van der Waals surface area contributed by atoms with Crippen molar-refractivity contribution >= 4 is 11.6 Å². The van der Waals surface area contributed by atoms with Gasteiger partial charge in [-0.05, 0) is 43.4 Å². The summed E-state index contributed by atoms with van der Waals surface area (Å²) in [6.45, 7) is 6.05. The number of ether oxygens (including phenoxy) is 2. The first kappa shape index (κ1) is 18.7. The van der Waals surface area contributed by atoms with Crippen LogP contribution in [0.3, 0.4) is 0 Å². The minimum Gasteiger partial charge on any atom is -0.454 e. The first-order valence-corrected chi connectivity index (χ1v) is 9.98. The van der Waals surface area contributed by atoms with E-state index in [0.29, 0.717) is 18.2 Å².